The number of halogens is 2. The Morgan fingerprint density at radius 2 is 1.86 bits per heavy atom. The van der Waals surface area contributed by atoms with Gasteiger partial charge in [-0.05, 0) is 67.1 Å². The fourth-order valence-electron chi connectivity index (χ4n) is 2.89. The van der Waals surface area contributed by atoms with Crippen molar-refractivity contribution in [3.8, 4) is 0 Å². The van der Waals surface area contributed by atoms with Crippen LogP contribution < -0.4 is 5.32 Å². The van der Waals surface area contributed by atoms with Gasteiger partial charge in [0, 0.05) is 15.5 Å². The minimum Gasteiger partial charge on any atom is -0.314 e. The molecule has 0 aliphatic heterocycles. The Morgan fingerprint density at radius 1 is 1.10 bits per heavy atom. The van der Waals surface area contributed by atoms with Crippen molar-refractivity contribution in [3.05, 3.63) is 69.2 Å². The predicted molar refractivity (Wildman–Crippen MR) is 93.1 cm³/mol. The quantitative estimate of drug-likeness (QED) is 0.770. The van der Waals surface area contributed by atoms with Crippen molar-refractivity contribution in [2.24, 2.45) is 0 Å². The van der Waals surface area contributed by atoms with Crippen LogP contribution in [0.1, 0.15) is 29.9 Å². The van der Waals surface area contributed by atoms with Gasteiger partial charge in [-0.25, -0.2) is 0 Å². The highest BCUT2D eigenvalue weighted by Gasteiger charge is 2.29. The molecule has 0 heterocycles. The molecule has 1 aliphatic carbocycles. The van der Waals surface area contributed by atoms with E-state index in [1.165, 1.54) is 28.4 Å². The molecule has 3 heteroatoms. The second-order valence-electron chi connectivity index (χ2n) is 5.75. The van der Waals surface area contributed by atoms with E-state index < -0.39 is 0 Å². The topological polar surface area (TPSA) is 12.0 Å². The van der Waals surface area contributed by atoms with Crippen molar-refractivity contribution in [3.63, 3.8) is 0 Å². The van der Waals surface area contributed by atoms with Crippen LogP contribution in [0.5, 0.6) is 0 Å². The van der Waals surface area contributed by atoms with Gasteiger partial charge in [0.05, 0.1) is 0 Å². The lowest BCUT2D eigenvalue weighted by molar-refractivity contribution is 0.293. The summed E-state index contributed by atoms with van der Waals surface area (Å²) in [4.78, 5) is 0. The fraction of sp³-hybridized carbons (Fsp3) is 0.333. The SMILES string of the molecule is Clc1ccc(CCNC2CC(c3cccc(Br)c3)C2)cc1. The van der Waals surface area contributed by atoms with Crippen LogP contribution in [0.4, 0.5) is 0 Å². The van der Waals surface area contributed by atoms with Gasteiger partial charge in [0.15, 0.2) is 0 Å². The van der Waals surface area contributed by atoms with Gasteiger partial charge in [-0.2, -0.15) is 0 Å². The molecule has 0 spiro atoms. The molecule has 1 fully saturated rings. The van der Waals surface area contributed by atoms with Crippen LogP contribution in [-0.4, -0.2) is 12.6 Å². The number of benzene rings is 2. The minimum atomic E-state index is 0.668. The molecule has 3 rings (SSSR count). The maximum atomic E-state index is 5.89. The summed E-state index contributed by atoms with van der Waals surface area (Å²) in [6.45, 7) is 1.04. The lowest BCUT2D eigenvalue weighted by Gasteiger charge is -2.36. The zero-order valence-electron chi connectivity index (χ0n) is 11.9. The van der Waals surface area contributed by atoms with Gasteiger partial charge in [-0.3, -0.25) is 0 Å². The monoisotopic (exact) mass is 363 g/mol. The molecule has 1 aliphatic rings. The average molecular weight is 365 g/mol. The van der Waals surface area contributed by atoms with Crippen LogP contribution in [0, 0.1) is 0 Å². The zero-order chi connectivity index (χ0) is 14.7. The van der Waals surface area contributed by atoms with E-state index in [1.54, 1.807) is 0 Å². The Bertz CT molecular complexity index is 590. The zero-order valence-corrected chi connectivity index (χ0v) is 14.2. The van der Waals surface area contributed by atoms with Crippen LogP contribution in [0.2, 0.25) is 5.02 Å². The van der Waals surface area contributed by atoms with Gasteiger partial charge in [-0.1, -0.05) is 51.8 Å². The van der Waals surface area contributed by atoms with Crippen molar-refractivity contribution in [2.45, 2.75) is 31.2 Å². The van der Waals surface area contributed by atoms with Crippen LogP contribution >= 0.6 is 27.5 Å². The minimum absolute atomic E-state index is 0.668. The van der Waals surface area contributed by atoms with E-state index in [0.717, 1.165) is 23.9 Å². The smallest absolute Gasteiger partial charge is 0.0406 e. The Kier molecular flexibility index (Phi) is 4.99. The van der Waals surface area contributed by atoms with Gasteiger partial charge in [0.2, 0.25) is 0 Å². The van der Waals surface area contributed by atoms with Crippen LogP contribution in [0.3, 0.4) is 0 Å². The van der Waals surface area contributed by atoms with E-state index in [-0.39, 0.29) is 0 Å². The number of nitrogens with one attached hydrogen (secondary N) is 1. The van der Waals surface area contributed by atoms with E-state index in [0.29, 0.717) is 6.04 Å². The van der Waals surface area contributed by atoms with Crippen LogP contribution in [-0.2, 0) is 6.42 Å². The Balaban J connectivity index is 1.40. The molecule has 1 saturated carbocycles. The highest BCUT2D eigenvalue weighted by Crippen LogP contribution is 2.37. The number of hydrogen-bond acceptors (Lipinski definition) is 1. The average Bonchev–Trinajstić information content (AvgIpc) is 2.43. The summed E-state index contributed by atoms with van der Waals surface area (Å²) in [7, 11) is 0. The van der Waals surface area contributed by atoms with Crippen molar-refractivity contribution in [1.82, 2.24) is 5.32 Å². The largest absolute Gasteiger partial charge is 0.314 e. The first-order valence-corrected chi connectivity index (χ1v) is 8.61. The first-order valence-electron chi connectivity index (χ1n) is 7.44. The van der Waals surface area contributed by atoms with E-state index in [2.05, 4.69) is 57.6 Å². The highest BCUT2D eigenvalue weighted by molar-refractivity contribution is 9.10. The van der Waals surface area contributed by atoms with Crippen LogP contribution in [0.15, 0.2) is 53.0 Å². The van der Waals surface area contributed by atoms with E-state index in [9.17, 15) is 0 Å². The molecule has 0 saturated heterocycles. The number of hydrogen-bond donors (Lipinski definition) is 1. The third-order valence-electron chi connectivity index (χ3n) is 4.22. The van der Waals surface area contributed by atoms with Crippen molar-refractivity contribution < 1.29 is 0 Å². The normalized spacial score (nSPS) is 21.0. The molecule has 0 atom stereocenters. The molecule has 110 valence electrons. The van der Waals surface area contributed by atoms with E-state index in [4.69, 9.17) is 11.6 Å². The molecule has 0 aromatic heterocycles. The summed E-state index contributed by atoms with van der Waals surface area (Å²) in [6.07, 6.45) is 3.56. The molecule has 1 N–H and O–H groups in total. The summed E-state index contributed by atoms with van der Waals surface area (Å²) in [5.41, 5.74) is 2.80. The van der Waals surface area contributed by atoms with Crippen molar-refractivity contribution in [1.29, 1.82) is 0 Å². The standard InChI is InChI=1S/C18H19BrClN/c19-16-3-1-2-14(10-16)15-11-18(12-15)21-9-8-13-4-6-17(20)7-5-13/h1-7,10,15,18,21H,8-9,11-12H2. The second kappa shape index (κ2) is 6.95. The summed E-state index contributed by atoms with van der Waals surface area (Å²) < 4.78 is 1.18. The molecule has 2 aromatic rings. The fourth-order valence-corrected chi connectivity index (χ4v) is 3.43. The molecule has 21 heavy (non-hydrogen) atoms. The molecule has 0 radical (unpaired) electrons. The Hall–Kier alpha value is -0.830. The molecular formula is C18H19BrClN. The lowest BCUT2D eigenvalue weighted by Crippen LogP contribution is -2.40. The first kappa shape index (κ1) is 15.1. The van der Waals surface area contributed by atoms with Gasteiger partial charge in [-0.15, -0.1) is 0 Å². The molecule has 0 bridgehead atoms. The van der Waals surface area contributed by atoms with Gasteiger partial charge < -0.3 is 5.32 Å². The van der Waals surface area contributed by atoms with E-state index in [1.807, 2.05) is 12.1 Å². The van der Waals surface area contributed by atoms with E-state index >= 15 is 0 Å². The van der Waals surface area contributed by atoms with Gasteiger partial charge >= 0.3 is 0 Å². The molecule has 2 aromatic carbocycles. The number of rotatable bonds is 5. The second-order valence-corrected chi connectivity index (χ2v) is 7.10. The molecule has 1 nitrogen and oxygen atoms in total. The predicted octanol–water partition coefficient (Wildman–Crippen LogP) is 5.18. The first-order chi connectivity index (χ1) is 10.2. The maximum absolute atomic E-state index is 5.89. The summed E-state index contributed by atoms with van der Waals surface area (Å²) >= 11 is 9.44. The van der Waals surface area contributed by atoms with Gasteiger partial charge in [0.25, 0.3) is 0 Å². The molecule has 0 unspecified atom stereocenters. The highest BCUT2D eigenvalue weighted by atomic mass is 79.9. The van der Waals surface area contributed by atoms with Crippen LogP contribution in [0.25, 0.3) is 0 Å². The van der Waals surface area contributed by atoms with Crippen molar-refractivity contribution >= 4 is 27.5 Å². The lowest BCUT2D eigenvalue weighted by atomic mass is 9.76. The third-order valence-corrected chi connectivity index (χ3v) is 4.96. The third kappa shape index (κ3) is 4.09. The summed E-state index contributed by atoms with van der Waals surface area (Å²) in [5.74, 6) is 0.718. The maximum Gasteiger partial charge on any atom is 0.0406 e. The summed E-state index contributed by atoms with van der Waals surface area (Å²) in [6, 6.07) is 17.5. The van der Waals surface area contributed by atoms with Gasteiger partial charge in [0.1, 0.15) is 0 Å². The summed E-state index contributed by atoms with van der Waals surface area (Å²) in [5, 5.41) is 4.46. The Morgan fingerprint density at radius 3 is 2.57 bits per heavy atom. The van der Waals surface area contributed by atoms with Crippen molar-refractivity contribution in [2.75, 3.05) is 6.54 Å². The molecule has 0 amide bonds. The Labute approximate surface area is 139 Å². The molecular weight excluding hydrogens is 346 g/mol.